The summed E-state index contributed by atoms with van der Waals surface area (Å²) in [4.78, 5) is 18.3. The Labute approximate surface area is 141 Å². The van der Waals surface area contributed by atoms with Gasteiger partial charge in [-0.3, -0.25) is 4.79 Å². The van der Waals surface area contributed by atoms with Crippen LogP contribution < -0.4 is 0 Å². The number of imidazole rings is 1. The van der Waals surface area contributed by atoms with Gasteiger partial charge in [-0.15, -0.1) is 0 Å². The molecule has 0 unspecified atom stereocenters. The number of piperidine rings is 1. The second kappa shape index (κ2) is 7.47. The van der Waals surface area contributed by atoms with Gasteiger partial charge in [0.1, 0.15) is 0 Å². The van der Waals surface area contributed by atoms with Crippen molar-refractivity contribution in [1.82, 2.24) is 14.5 Å². The van der Waals surface area contributed by atoms with Crippen molar-refractivity contribution in [2.24, 2.45) is 0 Å². The van der Waals surface area contributed by atoms with Crippen LogP contribution in [0.4, 0.5) is 0 Å². The number of benzene rings is 1. The fourth-order valence-corrected chi connectivity index (χ4v) is 2.95. The second-order valence-corrected chi connectivity index (χ2v) is 6.19. The Morgan fingerprint density at radius 2 is 2.00 bits per heavy atom. The van der Waals surface area contributed by atoms with Crippen molar-refractivity contribution in [3.05, 3.63) is 59.1 Å². The topological polar surface area (TPSA) is 38.1 Å². The molecule has 0 N–H and O–H groups in total. The highest BCUT2D eigenvalue weighted by Crippen LogP contribution is 2.16. The Kier molecular flexibility index (Phi) is 5.13. The van der Waals surface area contributed by atoms with Crippen molar-refractivity contribution in [3.63, 3.8) is 0 Å². The van der Waals surface area contributed by atoms with Gasteiger partial charge in [0.25, 0.3) is 0 Å². The summed E-state index contributed by atoms with van der Waals surface area (Å²) in [6, 6.07) is 7.76. The van der Waals surface area contributed by atoms with E-state index in [4.69, 9.17) is 11.6 Å². The molecular formula is C18H20ClN3O. The van der Waals surface area contributed by atoms with E-state index in [1.54, 1.807) is 18.5 Å². The summed E-state index contributed by atoms with van der Waals surface area (Å²) < 4.78 is 1.96. The smallest absolute Gasteiger partial charge is 0.246 e. The summed E-state index contributed by atoms with van der Waals surface area (Å²) in [6.45, 7) is 2.40. The van der Waals surface area contributed by atoms with Gasteiger partial charge in [0.05, 0.1) is 12.0 Å². The predicted molar refractivity (Wildman–Crippen MR) is 92.2 cm³/mol. The minimum absolute atomic E-state index is 0.0744. The van der Waals surface area contributed by atoms with E-state index in [0.29, 0.717) is 6.54 Å². The molecule has 0 bridgehead atoms. The van der Waals surface area contributed by atoms with Gasteiger partial charge in [-0.1, -0.05) is 29.8 Å². The van der Waals surface area contributed by atoms with Gasteiger partial charge in [0.2, 0.25) is 5.91 Å². The maximum Gasteiger partial charge on any atom is 0.246 e. The first-order valence-corrected chi connectivity index (χ1v) is 8.32. The van der Waals surface area contributed by atoms with Crippen molar-refractivity contribution >= 4 is 23.6 Å². The second-order valence-electron chi connectivity index (χ2n) is 5.78. The largest absolute Gasteiger partial charge is 0.339 e. The third-order valence-electron chi connectivity index (χ3n) is 4.03. The first kappa shape index (κ1) is 15.8. The standard InChI is InChI=1S/C18H20ClN3O/c19-17-7-3-2-6-15(17)12-21-13-16(20-14-21)8-9-18(23)22-10-4-1-5-11-22/h2-3,6-9,13-14H,1,4-5,10-12H2. The van der Waals surface area contributed by atoms with Gasteiger partial charge in [-0.05, 0) is 37.0 Å². The van der Waals surface area contributed by atoms with Crippen LogP contribution in [0.15, 0.2) is 42.9 Å². The minimum atomic E-state index is 0.0744. The fraction of sp³-hybridized carbons (Fsp3) is 0.333. The number of likely N-dealkylation sites (tertiary alicyclic amines) is 1. The molecule has 0 radical (unpaired) electrons. The van der Waals surface area contributed by atoms with Crippen LogP contribution in [0.5, 0.6) is 0 Å². The first-order valence-electron chi connectivity index (χ1n) is 7.94. The van der Waals surface area contributed by atoms with Crippen molar-refractivity contribution in [1.29, 1.82) is 0 Å². The van der Waals surface area contributed by atoms with Gasteiger partial charge in [-0.25, -0.2) is 4.98 Å². The summed E-state index contributed by atoms with van der Waals surface area (Å²) in [5, 5.41) is 0.749. The monoisotopic (exact) mass is 329 g/mol. The average Bonchev–Trinajstić information content (AvgIpc) is 3.03. The highest BCUT2D eigenvalue weighted by atomic mass is 35.5. The van der Waals surface area contributed by atoms with E-state index in [9.17, 15) is 4.79 Å². The van der Waals surface area contributed by atoms with Crippen LogP contribution >= 0.6 is 11.6 Å². The molecule has 1 amide bonds. The van der Waals surface area contributed by atoms with Crippen LogP contribution in [0.2, 0.25) is 5.02 Å². The van der Waals surface area contributed by atoms with Crippen molar-refractivity contribution in [2.75, 3.05) is 13.1 Å². The lowest BCUT2D eigenvalue weighted by Crippen LogP contribution is -2.34. The SMILES string of the molecule is O=C(C=Cc1cn(Cc2ccccc2Cl)cn1)N1CCCCC1. The Balaban J connectivity index is 1.61. The molecule has 3 rings (SSSR count). The van der Waals surface area contributed by atoms with Crippen molar-refractivity contribution < 1.29 is 4.79 Å². The summed E-state index contributed by atoms with van der Waals surface area (Å²) >= 11 is 6.17. The number of rotatable bonds is 4. The van der Waals surface area contributed by atoms with E-state index in [1.807, 2.05) is 39.9 Å². The number of halogens is 1. The molecule has 1 aliphatic rings. The maximum atomic E-state index is 12.1. The minimum Gasteiger partial charge on any atom is -0.339 e. The van der Waals surface area contributed by atoms with Crippen molar-refractivity contribution in [3.8, 4) is 0 Å². The molecule has 23 heavy (non-hydrogen) atoms. The molecule has 1 fully saturated rings. The average molecular weight is 330 g/mol. The molecular weight excluding hydrogens is 310 g/mol. The molecule has 2 heterocycles. The van der Waals surface area contributed by atoms with E-state index in [0.717, 1.165) is 42.2 Å². The lowest BCUT2D eigenvalue weighted by atomic mass is 10.1. The summed E-state index contributed by atoms with van der Waals surface area (Å²) in [7, 11) is 0. The van der Waals surface area contributed by atoms with Crippen LogP contribution in [0.3, 0.4) is 0 Å². The van der Waals surface area contributed by atoms with E-state index in [2.05, 4.69) is 4.98 Å². The number of hydrogen-bond acceptors (Lipinski definition) is 2. The normalized spacial score (nSPS) is 15.3. The van der Waals surface area contributed by atoms with Crippen LogP contribution in [0.1, 0.15) is 30.5 Å². The number of amides is 1. The van der Waals surface area contributed by atoms with Gasteiger partial charge < -0.3 is 9.47 Å². The van der Waals surface area contributed by atoms with E-state index >= 15 is 0 Å². The Hall–Kier alpha value is -2.07. The van der Waals surface area contributed by atoms with Crippen LogP contribution in [0, 0.1) is 0 Å². The molecule has 1 aliphatic heterocycles. The van der Waals surface area contributed by atoms with Crippen LogP contribution in [0.25, 0.3) is 6.08 Å². The zero-order valence-electron chi connectivity index (χ0n) is 13.0. The third kappa shape index (κ3) is 4.23. The van der Waals surface area contributed by atoms with Gasteiger partial charge in [0, 0.05) is 36.9 Å². The Morgan fingerprint density at radius 1 is 1.22 bits per heavy atom. The molecule has 1 aromatic heterocycles. The molecule has 0 aliphatic carbocycles. The predicted octanol–water partition coefficient (Wildman–Crippen LogP) is 3.61. The summed E-state index contributed by atoms with van der Waals surface area (Å²) in [6.07, 6.45) is 10.5. The number of nitrogens with zero attached hydrogens (tertiary/aromatic N) is 3. The number of hydrogen-bond donors (Lipinski definition) is 0. The summed E-state index contributed by atoms with van der Waals surface area (Å²) in [5.74, 6) is 0.0744. The maximum absolute atomic E-state index is 12.1. The third-order valence-corrected chi connectivity index (χ3v) is 4.40. The fourth-order valence-electron chi connectivity index (χ4n) is 2.75. The number of aromatic nitrogens is 2. The summed E-state index contributed by atoms with van der Waals surface area (Å²) in [5.41, 5.74) is 1.83. The Morgan fingerprint density at radius 3 is 2.78 bits per heavy atom. The Bertz CT molecular complexity index is 702. The molecule has 1 saturated heterocycles. The molecule has 0 saturated carbocycles. The highest BCUT2D eigenvalue weighted by Gasteiger charge is 2.13. The molecule has 2 aromatic rings. The van der Waals surface area contributed by atoms with Crippen molar-refractivity contribution in [2.45, 2.75) is 25.8 Å². The molecule has 5 heteroatoms. The van der Waals surface area contributed by atoms with Gasteiger partial charge in [-0.2, -0.15) is 0 Å². The van der Waals surface area contributed by atoms with Gasteiger partial charge in [0.15, 0.2) is 0 Å². The molecule has 1 aromatic carbocycles. The first-order chi connectivity index (χ1) is 11.2. The lowest BCUT2D eigenvalue weighted by molar-refractivity contribution is -0.126. The number of carbonyl (C=O) groups is 1. The molecule has 0 spiro atoms. The van der Waals surface area contributed by atoms with Crippen LogP contribution in [-0.2, 0) is 11.3 Å². The zero-order valence-corrected chi connectivity index (χ0v) is 13.7. The van der Waals surface area contributed by atoms with E-state index in [-0.39, 0.29) is 5.91 Å². The quantitative estimate of drug-likeness (QED) is 0.804. The van der Waals surface area contributed by atoms with E-state index in [1.165, 1.54) is 6.42 Å². The van der Waals surface area contributed by atoms with E-state index < -0.39 is 0 Å². The molecule has 0 atom stereocenters. The molecule has 120 valence electrons. The lowest BCUT2D eigenvalue weighted by Gasteiger charge is -2.25. The zero-order chi connectivity index (χ0) is 16.1. The molecule has 4 nitrogen and oxygen atoms in total. The highest BCUT2D eigenvalue weighted by molar-refractivity contribution is 6.31. The van der Waals surface area contributed by atoms with Gasteiger partial charge >= 0.3 is 0 Å². The van der Waals surface area contributed by atoms with Crippen LogP contribution in [-0.4, -0.2) is 33.4 Å². The number of carbonyl (C=O) groups excluding carboxylic acids is 1.